The molecule has 82 valence electrons. The zero-order chi connectivity index (χ0) is 11.1. The summed E-state index contributed by atoms with van der Waals surface area (Å²) in [6, 6.07) is 3.59. The van der Waals surface area contributed by atoms with Gasteiger partial charge in [-0.2, -0.15) is 4.99 Å². The fourth-order valence-corrected chi connectivity index (χ4v) is 2.09. The summed E-state index contributed by atoms with van der Waals surface area (Å²) < 4.78 is 5.25. The quantitative estimate of drug-likeness (QED) is 0.605. The number of hydrogen-bond donors (Lipinski definition) is 0. The van der Waals surface area contributed by atoms with Crippen LogP contribution in [-0.4, -0.2) is 23.5 Å². The highest BCUT2D eigenvalue weighted by Gasteiger charge is 2.08. The molecule has 0 radical (unpaired) electrons. The molecule has 0 saturated heterocycles. The smallest absolute Gasteiger partial charge is 0.290 e. The zero-order valence-corrected chi connectivity index (χ0v) is 10.4. The Kier molecular flexibility index (Phi) is 5.42. The summed E-state index contributed by atoms with van der Waals surface area (Å²) in [5.41, 5.74) is 0. The standard InChI is InChI=1S/C10H13NO2S2/c1-3-13-10(14-4-2)11-9(12)8-6-5-7-15-8/h5-7H,3-4H2,1-2H3. The molecule has 0 aromatic carbocycles. The fraction of sp³-hybridized carbons (Fsp3) is 0.400. The van der Waals surface area contributed by atoms with Gasteiger partial charge in [-0.15, -0.1) is 11.3 Å². The molecule has 3 nitrogen and oxygen atoms in total. The second-order valence-electron chi connectivity index (χ2n) is 2.53. The number of ether oxygens (including phenoxy) is 1. The SMILES string of the molecule is CCOC(=NC(=O)c1cccs1)SCC. The molecule has 0 atom stereocenters. The third kappa shape index (κ3) is 4.05. The van der Waals surface area contributed by atoms with Crippen LogP contribution in [0.2, 0.25) is 0 Å². The first-order valence-electron chi connectivity index (χ1n) is 4.70. The average molecular weight is 243 g/mol. The summed E-state index contributed by atoms with van der Waals surface area (Å²) in [5, 5.41) is 2.31. The van der Waals surface area contributed by atoms with Gasteiger partial charge in [-0.3, -0.25) is 4.79 Å². The Hall–Kier alpha value is -0.810. The molecule has 1 rings (SSSR count). The van der Waals surface area contributed by atoms with E-state index in [4.69, 9.17) is 4.74 Å². The van der Waals surface area contributed by atoms with Gasteiger partial charge < -0.3 is 4.74 Å². The molecule has 0 bridgehead atoms. The first-order valence-corrected chi connectivity index (χ1v) is 6.56. The summed E-state index contributed by atoms with van der Waals surface area (Å²) in [7, 11) is 0. The second kappa shape index (κ2) is 6.63. The minimum absolute atomic E-state index is 0.227. The Bertz CT molecular complexity index is 325. The van der Waals surface area contributed by atoms with Crippen LogP contribution in [0.15, 0.2) is 22.5 Å². The number of rotatable bonds is 3. The van der Waals surface area contributed by atoms with E-state index in [9.17, 15) is 4.79 Å². The summed E-state index contributed by atoms with van der Waals surface area (Å²) in [6.07, 6.45) is 0. The molecule has 1 heterocycles. The lowest BCUT2D eigenvalue weighted by atomic mass is 10.4. The van der Waals surface area contributed by atoms with Crippen molar-refractivity contribution < 1.29 is 9.53 Å². The lowest BCUT2D eigenvalue weighted by Crippen LogP contribution is -2.04. The Morgan fingerprint density at radius 1 is 1.60 bits per heavy atom. The van der Waals surface area contributed by atoms with E-state index in [0.29, 0.717) is 16.7 Å². The van der Waals surface area contributed by atoms with Gasteiger partial charge >= 0.3 is 0 Å². The van der Waals surface area contributed by atoms with Crippen molar-refractivity contribution in [2.45, 2.75) is 13.8 Å². The van der Waals surface area contributed by atoms with Gasteiger partial charge in [0.05, 0.1) is 11.5 Å². The van der Waals surface area contributed by atoms with Gasteiger partial charge in [-0.25, -0.2) is 0 Å². The average Bonchev–Trinajstić information content (AvgIpc) is 2.71. The van der Waals surface area contributed by atoms with Gasteiger partial charge in [0.25, 0.3) is 11.1 Å². The molecule has 0 aliphatic rings. The first-order chi connectivity index (χ1) is 7.27. The number of hydrogen-bond acceptors (Lipinski definition) is 4. The van der Waals surface area contributed by atoms with Gasteiger partial charge in [-0.1, -0.05) is 24.8 Å². The number of amides is 1. The summed E-state index contributed by atoms with van der Waals surface area (Å²) >= 11 is 2.83. The van der Waals surface area contributed by atoms with Crippen molar-refractivity contribution in [2.75, 3.05) is 12.4 Å². The Labute approximate surface area is 97.6 Å². The molecule has 0 aliphatic heterocycles. The maximum Gasteiger partial charge on any atom is 0.290 e. The van der Waals surface area contributed by atoms with Crippen molar-refractivity contribution in [2.24, 2.45) is 4.99 Å². The second-order valence-corrected chi connectivity index (χ2v) is 4.69. The van der Waals surface area contributed by atoms with E-state index in [0.717, 1.165) is 5.75 Å². The Morgan fingerprint density at radius 3 is 2.93 bits per heavy atom. The van der Waals surface area contributed by atoms with E-state index in [2.05, 4.69) is 4.99 Å². The Balaban J connectivity index is 2.69. The van der Waals surface area contributed by atoms with Crippen molar-refractivity contribution >= 4 is 34.2 Å². The largest absolute Gasteiger partial charge is 0.473 e. The van der Waals surface area contributed by atoms with Gasteiger partial charge in [0.2, 0.25) is 0 Å². The number of carbonyl (C=O) groups excluding carboxylic acids is 1. The van der Waals surface area contributed by atoms with Crippen molar-refractivity contribution in [1.29, 1.82) is 0 Å². The third-order valence-corrected chi connectivity index (χ3v) is 3.06. The monoisotopic (exact) mass is 243 g/mol. The van der Waals surface area contributed by atoms with E-state index in [1.807, 2.05) is 25.3 Å². The van der Waals surface area contributed by atoms with Gasteiger partial charge in [0, 0.05) is 0 Å². The van der Waals surface area contributed by atoms with Crippen LogP contribution >= 0.6 is 23.1 Å². The maximum absolute atomic E-state index is 11.6. The summed E-state index contributed by atoms with van der Waals surface area (Å²) in [5.74, 6) is 0.616. The molecule has 0 fully saturated rings. The predicted octanol–water partition coefficient (Wildman–Crippen LogP) is 3.03. The van der Waals surface area contributed by atoms with E-state index in [1.165, 1.54) is 23.1 Å². The third-order valence-electron chi connectivity index (χ3n) is 1.46. The number of nitrogens with zero attached hydrogens (tertiary/aromatic N) is 1. The first kappa shape index (κ1) is 12.3. The zero-order valence-electron chi connectivity index (χ0n) is 8.73. The molecule has 15 heavy (non-hydrogen) atoms. The fourth-order valence-electron chi connectivity index (χ4n) is 0.891. The number of aliphatic imine (C=N–C) groups is 1. The normalized spacial score (nSPS) is 11.5. The van der Waals surface area contributed by atoms with Crippen LogP contribution < -0.4 is 0 Å². The molecule has 0 unspecified atom stereocenters. The van der Waals surface area contributed by atoms with Crippen LogP contribution in [0, 0.1) is 0 Å². The molecule has 5 heteroatoms. The van der Waals surface area contributed by atoms with Gasteiger partial charge in [-0.05, 0) is 24.1 Å². The highest BCUT2D eigenvalue weighted by atomic mass is 32.2. The van der Waals surface area contributed by atoms with Gasteiger partial charge in [0.1, 0.15) is 0 Å². The molecule has 0 spiro atoms. The van der Waals surface area contributed by atoms with Crippen LogP contribution in [0.25, 0.3) is 0 Å². The number of thiophene rings is 1. The van der Waals surface area contributed by atoms with Crippen LogP contribution in [-0.2, 0) is 4.74 Å². The highest BCUT2D eigenvalue weighted by molar-refractivity contribution is 8.13. The van der Waals surface area contributed by atoms with Crippen molar-refractivity contribution in [3.05, 3.63) is 22.4 Å². The molecule has 0 saturated carbocycles. The molecule has 1 amide bonds. The topological polar surface area (TPSA) is 38.7 Å². The minimum Gasteiger partial charge on any atom is -0.473 e. The summed E-state index contributed by atoms with van der Waals surface area (Å²) in [4.78, 5) is 16.2. The molecule has 1 aromatic heterocycles. The molecular weight excluding hydrogens is 230 g/mol. The van der Waals surface area contributed by atoms with Crippen molar-refractivity contribution in [3.8, 4) is 0 Å². The molecule has 0 N–H and O–H groups in total. The maximum atomic E-state index is 11.6. The van der Waals surface area contributed by atoms with Gasteiger partial charge in [0.15, 0.2) is 0 Å². The highest BCUT2D eigenvalue weighted by Crippen LogP contribution is 2.12. The number of thioether (sulfide) groups is 1. The number of carbonyl (C=O) groups is 1. The lowest BCUT2D eigenvalue weighted by molar-refractivity contribution is 0.100. The Morgan fingerprint density at radius 2 is 2.40 bits per heavy atom. The lowest BCUT2D eigenvalue weighted by Gasteiger charge is -2.03. The van der Waals surface area contributed by atoms with E-state index < -0.39 is 0 Å². The van der Waals surface area contributed by atoms with Crippen molar-refractivity contribution in [1.82, 2.24) is 0 Å². The van der Waals surface area contributed by atoms with Crippen LogP contribution in [0.4, 0.5) is 0 Å². The predicted molar refractivity (Wildman–Crippen MR) is 65.8 cm³/mol. The molecular formula is C10H13NO2S2. The van der Waals surface area contributed by atoms with Crippen LogP contribution in [0.1, 0.15) is 23.5 Å². The summed E-state index contributed by atoms with van der Waals surface area (Å²) in [6.45, 7) is 4.40. The van der Waals surface area contributed by atoms with Crippen molar-refractivity contribution in [3.63, 3.8) is 0 Å². The van der Waals surface area contributed by atoms with Crippen LogP contribution in [0.3, 0.4) is 0 Å². The van der Waals surface area contributed by atoms with E-state index >= 15 is 0 Å². The molecule has 0 aliphatic carbocycles. The minimum atomic E-state index is -0.227. The van der Waals surface area contributed by atoms with E-state index in [-0.39, 0.29) is 5.91 Å². The van der Waals surface area contributed by atoms with Crippen LogP contribution in [0.5, 0.6) is 0 Å². The molecule has 1 aromatic rings. The van der Waals surface area contributed by atoms with E-state index in [1.54, 1.807) is 6.07 Å².